The highest BCUT2D eigenvalue weighted by Crippen LogP contribution is 2.45. The first-order valence-electron chi connectivity index (χ1n) is 17.1. The van der Waals surface area contributed by atoms with Gasteiger partial charge in [-0.05, 0) is 120 Å². The van der Waals surface area contributed by atoms with Gasteiger partial charge in [-0.15, -0.1) is 0 Å². The van der Waals surface area contributed by atoms with E-state index in [1.807, 2.05) is 17.9 Å². The average Bonchev–Trinajstić information content (AvgIpc) is 3.73. The second-order valence-electron chi connectivity index (χ2n) is 13.8. The molecule has 0 spiro atoms. The van der Waals surface area contributed by atoms with E-state index in [-0.39, 0.29) is 23.0 Å². The zero-order valence-corrected chi connectivity index (χ0v) is 26.7. The number of aromatic nitrogens is 2. The predicted molar refractivity (Wildman–Crippen MR) is 174 cm³/mol. The molecule has 8 heteroatoms. The monoisotopic (exact) mass is 611 g/mol. The summed E-state index contributed by atoms with van der Waals surface area (Å²) in [5, 5.41) is 2.88. The molecule has 3 fully saturated rings. The highest BCUT2D eigenvalue weighted by Gasteiger charge is 2.44. The van der Waals surface area contributed by atoms with Gasteiger partial charge in [-0.2, -0.15) is 0 Å². The average molecular weight is 612 g/mol. The lowest BCUT2D eigenvalue weighted by atomic mass is 9.70. The number of nitrogens with zero attached hydrogens (tertiary/aromatic N) is 4. The molecule has 2 bridgehead atoms. The molecule has 1 N–H and O–H groups in total. The number of halogens is 1. The Kier molecular flexibility index (Phi) is 8.27. The van der Waals surface area contributed by atoms with Crippen molar-refractivity contribution in [3.05, 3.63) is 76.9 Å². The fourth-order valence-electron chi connectivity index (χ4n) is 9.12. The number of likely N-dealkylation sites (N-methyl/N-ethyl adjacent to an activating group) is 1. The summed E-state index contributed by atoms with van der Waals surface area (Å²) >= 11 is 0. The van der Waals surface area contributed by atoms with Gasteiger partial charge in [-0.1, -0.05) is 24.3 Å². The number of hydrogen-bond acceptors (Lipinski definition) is 4. The van der Waals surface area contributed by atoms with E-state index in [1.54, 1.807) is 6.07 Å². The maximum absolute atomic E-state index is 14.6. The number of carbonyl (C=O) groups excluding carboxylic acids is 2. The van der Waals surface area contributed by atoms with E-state index in [4.69, 9.17) is 4.98 Å². The van der Waals surface area contributed by atoms with Crippen LogP contribution in [-0.2, 0) is 15.0 Å². The van der Waals surface area contributed by atoms with Crippen LogP contribution >= 0.6 is 0 Å². The number of likely N-dealkylation sites (tertiary alicyclic amines) is 1. The molecule has 238 valence electrons. The van der Waals surface area contributed by atoms with Crippen molar-refractivity contribution in [2.75, 3.05) is 26.2 Å². The first-order chi connectivity index (χ1) is 21.9. The maximum Gasteiger partial charge on any atom is 0.250 e. The van der Waals surface area contributed by atoms with Gasteiger partial charge in [0, 0.05) is 48.9 Å². The molecule has 3 aromatic rings. The van der Waals surface area contributed by atoms with Gasteiger partial charge in [0.15, 0.2) is 0 Å². The lowest BCUT2D eigenvalue weighted by Gasteiger charge is -2.46. The summed E-state index contributed by atoms with van der Waals surface area (Å²) in [4.78, 5) is 35.9. The number of piperidine rings is 2. The maximum atomic E-state index is 14.6. The number of nitrogens with one attached hydrogen (secondary N) is 1. The van der Waals surface area contributed by atoms with Gasteiger partial charge in [0.1, 0.15) is 11.6 Å². The van der Waals surface area contributed by atoms with Crippen molar-refractivity contribution in [1.82, 2.24) is 24.7 Å². The third kappa shape index (κ3) is 5.60. The van der Waals surface area contributed by atoms with Crippen LogP contribution in [0.15, 0.2) is 59.7 Å². The van der Waals surface area contributed by atoms with Gasteiger partial charge in [-0.3, -0.25) is 14.5 Å². The zero-order valence-electron chi connectivity index (χ0n) is 26.7. The Bertz CT molecular complexity index is 1610. The van der Waals surface area contributed by atoms with Crippen molar-refractivity contribution in [3.8, 4) is 0 Å². The highest BCUT2D eigenvalue weighted by atomic mass is 19.1. The number of aryl methyl sites for hydroxylation is 1. The second kappa shape index (κ2) is 12.3. The molecule has 7 nitrogen and oxygen atoms in total. The SMILES string of the molecule is CCNC(=O)C1=C(C(=O)N2CCC(CCN3[C@@H]4CC[C@H]3CC(n3c(C)nc5ccccc53)C4)(c3cccc(F)c3)CC2)CCC1. The molecule has 7 rings (SSSR count). The fourth-order valence-corrected chi connectivity index (χ4v) is 9.12. The third-order valence-corrected chi connectivity index (χ3v) is 11.4. The number of para-hydroxylation sites is 2. The van der Waals surface area contributed by atoms with Gasteiger partial charge in [0.2, 0.25) is 11.8 Å². The first kappa shape index (κ1) is 30.2. The molecule has 45 heavy (non-hydrogen) atoms. The molecule has 3 saturated heterocycles. The van der Waals surface area contributed by atoms with Gasteiger partial charge in [0.25, 0.3) is 0 Å². The normalized spacial score (nSPS) is 24.9. The summed E-state index contributed by atoms with van der Waals surface area (Å²) in [6.45, 7) is 6.85. The van der Waals surface area contributed by atoms with Crippen molar-refractivity contribution in [3.63, 3.8) is 0 Å². The van der Waals surface area contributed by atoms with Crippen molar-refractivity contribution < 1.29 is 14.0 Å². The molecule has 0 saturated carbocycles. The van der Waals surface area contributed by atoms with E-state index in [1.165, 1.54) is 24.4 Å². The number of rotatable bonds is 8. The number of amides is 2. The Hall–Kier alpha value is -3.52. The molecule has 0 radical (unpaired) electrons. The van der Waals surface area contributed by atoms with Crippen LogP contribution < -0.4 is 5.32 Å². The summed E-state index contributed by atoms with van der Waals surface area (Å²) in [5.41, 5.74) is 4.56. The van der Waals surface area contributed by atoms with Gasteiger partial charge in [0.05, 0.1) is 11.0 Å². The second-order valence-corrected chi connectivity index (χ2v) is 13.8. The quantitative estimate of drug-likeness (QED) is 0.329. The number of imidazole rings is 1. The zero-order chi connectivity index (χ0) is 31.1. The Morgan fingerprint density at radius 2 is 1.71 bits per heavy atom. The number of fused-ring (bicyclic) bond motifs is 3. The molecule has 2 aromatic carbocycles. The van der Waals surface area contributed by atoms with Crippen LogP contribution in [0.4, 0.5) is 4.39 Å². The Morgan fingerprint density at radius 1 is 0.978 bits per heavy atom. The van der Waals surface area contributed by atoms with Crippen molar-refractivity contribution in [2.45, 2.75) is 102 Å². The van der Waals surface area contributed by atoms with Gasteiger partial charge < -0.3 is 14.8 Å². The summed E-state index contributed by atoms with van der Waals surface area (Å²) in [5.74, 6) is 0.826. The van der Waals surface area contributed by atoms with Crippen LogP contribution in [0.5, 0.6) is 0 Å². The summed E-state index contributed by atoms with van der Waals surface area (Å²) in [6.07, 6.45) is 9.48. The van der Waals surface area contributed by atoms with Crippen LogP contribution in [-0.4, -0.2) is 69.4 Å². The van der Waals surface area contributed by atoms with E-state index >= 15 is 0 Å². The van der Waals surface area contributed by atoms with Crippen LogP contribution in [0.2, 0.25) is 0 Å². The first-order valence-corrected chi connectivity index (χ1v) is 17.1. The standard InChI is InChI=1S/C37H46FN5O2/c1-3-39-35(44)31-10-7-11-32(31)36(45)41-19-16-37(17-20-41,26-8-6-9-27(38)22-26)18-21-42-28-14-15-29(42)24-30(23-28)43-25(2)40-33-12-4-5-13-34(33)43/h4-6,8-9,12-13,22,28-30H,3,7,10-11,14-21,23-24H2,1-2H3,(H,39,44)/t28-,29+,30?. The van der Waals surface area contributed by atoms with E-state index in [2.05, 4.69) is 52.0 Å². The molecule has 4 heterocycles. The lowest BCUT2D eigenvalue weighted by molar-refractivity contribution is -0.129. The number of benzene rings is 2. The Labute approximate surface area is 265 Å². The minimum absolute atomic E-state index is 0.0176. The molecule has 1 aliphatic carbocycles. The predicted octanol–water partition coefficient (Wildman–Crippen LogP) is 6.22. The minimum Gasteiger partial charge on any atom is -0.353 e. The van der Waals surface area contributed by atoms with Crippen molar-refractivity contribution in [1.29, 1.82) is 0 Å². The third-order valence-electron chi connectivity index (χ3n) is 11.4. The molecule has 3 atom stereocenters. The summed E-state index contributed by atoms with van der Waals surface area (Å²) in [7, 11) is 0. The van der Waals surface area contributed by atoms with E-state index in [0.29, 0.717) is 61.7 Å². The largest absolute Gasteiger partial charge is 0.353 e. The van der Waals surface area contributed by atoms with Crippen LogP contribution in [0, 0.1) is 12.7 Å². The smallest absolute Gasteiger partial charge is 0.250 e. The Balaban J connectivity index is 1.07. The molecule has 3 aliphatic heterocycles. The summed E-state index contributed by atoms with van der Waals surface area (Å²) < 4.78 is 17.1. The van der Waals surface area contributed by atoms with Crippen molar-refractivity contribution >= 4 is 22.8 Å². The van der Waals surface area contributed by atoms with Crippen molar-refractivity contribution in [2.24, 2.45) is 0 Å². The minimum atomic E-state index is -0.197. The lowest BCUT2D eigenvalue weighted by Crippen LogP contribution is -2.49. The molecule has 4 aliphatic rings. The fraction of sp³-hybridized carbons (Fsp3) is 0.541. The Morgan fingerprint density at radius 3 is 2.44 bits per heavy atom. The topological polar surface area (TPSA) is 70.5 Å². The van der Waals surface area contributed by atoms with E-state index < -0.39 is 0 Å². The molecule has 1 aromatic heterocycles. The van der Waals surface area contributed by atoms with Crippen LogP contribution in [0.1, 0.15) is 88.6 Å². The van der Waals surface area contributed by atoms with Gasteiger partial charge >= 0.3 is 0 Å². The number of hydrogen-bond donors (Lipinski definition) is 1. The van der Waals surface area contributed by atoms with E-state index in [9.17, 15) is 14.0 Å². The van der Waals surface area contributed by atoms with Gasteiger partial charge in [-0.25, -0.2) is 9.37 Å². The molecule has 2 amide bonds. The molecular weight excluding hydrogens is 565 g/mol. The molecule has 1 unspecified atom stereocenters. The van der Waals surface area contributed by atoms with Crippen LogP contribution in [0.25, 0.3) is 11.0 Å². The van der Waals surface area contributed by atoms with Crippen LogP contribution in [0.3, 0.4) is 0 Å². The van der Waals surface area contributed by atoms with E-state index in [0.717, 1.165) is 62.0 Å². The number of carbonyl (C=O) groups is 2. The highest BCUT2D eigenvalue weighted by molar-refractivity contribution is 6.05. The molecular formula is C37H46FN5O2. The summed E-state index contributed by atoms with van der Waals surface area (Å²) in [6, 6.07) is 17.2.